The zero-order valence-electron chi connectivity index (χ0n) is 11.1. The molecule has 0 fully saturated rings. The van der Waals surface area contributed by atoms with Crippen LogP contribution in [0, 0.1) is 0 Å². The van der Waals surface area contributed by atoms with Crippen LogP contribution < -0.4 is 4.90 Å². The zero-order valence-corrected chi connectivity index (χ0v) is 11.1. The van der Waals surface area contributed by atoms with E-state index in [0.717, 1.165) is 25.9 Å². The van der Waals surface area contributed by atoms with Gasteiger partial charge in [0.25, 0.3) is 0 Å². The number of hydrogen-bond donors (Lipinski definition) is 2. The van der Waals surface area contributed by atoms with Gasteiger partial charge in [-0.05, 0) is 24.3 Å². The average molecular weight is 259 g/mol. The third-order valence-corrected chi connectivity index (χ3v) is 3.28. The number of hydrogen-bond acceptors (Lipinski definition) is 3. The summed E-state index contributed by atoms with van der Waals surface area (Å²) >= 11 is 0. The van der Waals surface area contributed by atoms with Crippen LogP contribution in [0.25, 0.3) is 10.8 Å². The van der Waals surface area contributed by atoms with Gasteiger partial charge in [0.05, 0.1) is 0 Å². The predicted molar refractivity (Wildman–Crippen MR) is 79.6 cm³/mol. The van der Waals surface area contributed by atoms with Gasteiger partial charge in [0.1, 0.15) is 0 Å². The van der Waals surface area contributed by atoms with Gasteiger partial charge in [-0.1, -0.05) is 36.4 Å². The SMILES string of the molecule is OCCCN(CCCO)c1cccc2ccccc12. The monoisotopic (exact) mass is 259 g/mol. The lowest BCUT2D eigenvalue weighted by molar-refractivity contribution is 0.282. The Hall–Kier alpha value is -1.58. The fourth-order valence-corrected chi connectivity index (χ4v) is 2.36. The maximum atomic E-state index is 9.02. The zero-order chi connectivity index (χ0) is 13.5. The lowest BCUT2D eigenvalue weighted by Crippen LogP contribution is -2.27. The van der Waals surface area contributed by atoms with Crippen LogP contribution in [0.1, 0.15) is 12.8 Å². The summed E-state index contributed by atoms with van der Waals surface area (Å²) in [6.07, 6.45) is 1.49. The van der Waals surface area contributed by atoms with E-state index < -0.39 is 0 Å². The van der Waals surface area contributed by atoms with Gasteiger partial charge in [0.15, 0.2) is 0 Å². The predicted octanol–water partition coefficient (Wildman–Crippen LogP) is 2.41. The molecule has 102 valence electrons. The maximum absolute atomic E-state index is 9.02. The summed E-state index contributed by atoms with van der Waals surface area (Å²) in [7, 11) is 0. The van der Waals surface area contributed by atoms with Gasteiger partial charge in [-0.25, -0.2) is 0 Å². The van der Waals surface area contributed by atoms with Crippen molar-refractivity contribution in [1.82, 2.24) is 0 Å². The van der Waals surface area contributed by atoms with Crippen LogP contribution in [0.3, 0.4) is 0 Å². The second kappa shape index (κ2) is 7.12. The van der Waals surface area contributed by atoms with E-state index in [1.54, 1.807) is 0 Å². The fraction of sp³-hybridized carbons (Fsp3) is 0.375. The van der Waals surface area contributed by atoms with E-state index in [2.05, 4.69) is 35.2 Å². The first kappa shape index (κ1) is 13.8. The minimum Gasteiger partial charge on any atom is -0.396 e. The summed E-state index contributed by atoms with van der Waals surface area (Å²) in [4.78, 5) is 2.24. The molecule has 0 spiro atoms. The first-order chi connectivity index (χ1) is 9.36. The van der Waals surface area contributed by atoms with E-state index in [9.17, 15) is 0 Å². The molecular formula is C16H21NO2. The molecule has 0 atom stereocenters. The van der Waals surface area contributed by atoms with Gasteiger partial charge in [-0.15, -0.1) is 0 Å². The minimum atomic E-state index is 0.195. The van der Waals surface area contributed by atoms with Crippen molar-refractivity contribution >= 4 is 16.5 Å². The number of nitrogens with zero attached hydrogens (tertiary/aromatic N) is 1. The van der Waals surface area contributed by atoms with Crippen molar-refractivity contribution in [2.24, 2.45) is 0 Å². The van der Waals surface area contributed by atoms with Gasteiger partial charge in [-0.3, -0.25) is 0 Å². The number of anilines is 1. The van der Waals surface area contributed by atoms with Crippen LogP contribution in [0.15, 0.2) is 42.5 Å². The Morgan fingerprint density at radius 2 is 1.42 bits per heavy atom. The Kier molecular flexibility index (Phi) is 5.19. The number of fused-ring (bicyclic) bond motifs is 1. The van der Waals surface area contributed by atoms with Crippen molar-refractivity contribution in [3.05, 3.63) is 42.5 Å². The van der Waals surface area contributed by atoms with Gasteiger partial charge < -0.3 is 15.1 Å². The Morgan fingerprint density at radius 1 is 0.789 bits per heavy atom. The van der Waals surface area contributed by atoms with E-state index in [1.165, 1.54) is 16.5 Å². The third kappa shape index (κ3) is 3.46. The van der Waals surface area contributed by atoms with Crippen LogP contribution in [0.4, 0.5) is 5.69 Å². The molecule has 0 bridgehead atoms. The summed E-state index contributed by atoms with van der Waals surface area (Å²) < 4.78 is 0. The highest BCUT2D eigenvalue weighted by atomic mass is 16.3. The van der Waals surface area contributed by atoms with Crippen LogP contribution in [-0.2, 0) is 0 Å². The summed E-state index contributed by atoms with van der Waals surface area (Å²) in [5.41, 5.74) is 1.18. The molecule has 0 saturated carbocycles. The largest absolute Gasteiger partial charge is 0.396 e. The Morgan fingerprint density at radius 3 is 2.11 bits per heavy atom. The normalized spacial score (nSPS) is 10.8. The molecule has 3 nitrogen and oxygen atoms in total. The molecule has 2 N–H and O–H groups in total. The number of benzene rings is 2. The van der Waals surface area contributed by atoms with Gasteiger partial charge in [0.2, 0.25) is 0 Å². The lowest BCUT2D eigenvalue weighted by Gasteiger charge is -2.26. The van der Waals surface area contributed by atoms with Crippen molar-refractivity contribution in [2.75, 3.05) is 31.2 Å². The standard InChI is InChI=1S/C16H21NO2/c18-12-4-10-17(11-5-13-19)16-9-3-7-14-6-1-2-8-15(14)16/h1-3,6-9,18-19H,4-5,10-13H2. The first-order valence-electron chi connectivity index (χ1n) is 6.81. The maximum Gasteiger partial charge on any atom is 0.0447 e. The highest BCUT2D eigenvalue weighted by molar-refractivity contribution is 5.94. The molecule has 0 aliphatic carbocycles. The van der Waals surface area contributed by atoms with Crippen LogP contribution >= 0.6 is 0 Å². The molecule has 0 aliphatic rings. The molecule has 0 aliphatic heterocycles. The second-order valence-electron chi connectivity index (χ2n) is 4.64. The van der Waals surface area contributed by atoms with E-state index in [1.807, 2.05) is 12.1 Å². The molecular weight excluding hydrogens is 238 g/mol. The Labute approximate surface area is 114 Å². The van der Waals surface area contributed by atoms with E-state index in [4.69, 9.17) is 10.2 Å². The van der Waals surface area contributed by atoms with Crippen molar-refractivity contribution in [3.8, 4) is 0 Å². The summed E-state index contributed by atoms with van der Waals surface area (Å²) in [6, 6.07) is 14.6. The third-order valence-electron chi connectivity index (χ3n) is 3.28. The quantitative estimate of drug-likeness (QED) is 0.802. The highest BCUT2D eigenvalue weighted by Gasteiger charge is 2.09. The summed E-state index contributed by atoms with van der Waals surface area (Å²) in [5.74, 6) is 0. The van der Waals surface area contributed by atoms with Gasteiger partial charge in [-0.2, -0.15) is 0 Å². The van der Waals surface area contributed by atoms with Gasteiger partial charge >= 0.3 is 0 Å². The molecule has 0 saturated heterocycles. The molecule has 2 aromatic rings. The smallest absolute Gasteiger partial charge is 0.0447 e. The number of rotatable bonds is 7. The Bertz CT molecular complexity index is 500. The molecule has 3 heteroatoms. The first-order valence-corrected chi connectivity index (χ1v) is 6.81. The fourth-order valence-electron chi connectivity index (χ4n) is 2.36. The summed E-state index contributed by atoms with van der Waals surface area (Å²) in [6.45, 7) is 2.01. The molecule has 0 aromatic heterocycles. The molecule has 0 amide bonds. The minimum absolute atomic E-state index is 0.195. The Balaban J connectivity index is 2.31. The van der Waals surface area contributed by atoms with Gasteiger partial charge in [0, 0.05) is 37.4 Å². The van der Waals surface area contributed by atoms with Crippen molar-refractivity contribution in [3.63, 3.8) is 0 Å². The van der Waals surface area contributed by atoms with Crippen LogP contribution in [0.5, 0.6) is 0 Å². The van der Waals surface area contributed by atoms with Crippen LogP contribution in [0.2, 0.25) is 0 Å². The van der Waals surface area contributed by atoms with Crippen LogP contribution in [-0.4, -0.2) is 36.5 Å². The molecule has 2 rings (SSSR count). The van der Waals surface area contributed by atoms with Crippen molar-refractivity contribution < 1.29 is 10.2 Å². The van der Waals surface area contributed by atoms with E-state index >= 15 is 0 Å². The lowest BCUT2D eigenvalue weighted by atomic mass is 10.1. The van der Waals surface area contributed by atoms with Crippen molar-refractivity contribution in [2.45, 2.75) is 12.8 Å². The molecule has 0 heterocycles. The molecule has 19 heavy (non-hydrogen) atoms. The summed E-state index contributed by atoms with van der Waals surface area (Å²) in [5, 5.41) is 20.5. The average Bonchev–Trinajstić information content (AvgIpc) is 2.47. The number of aliphatic hydroxyl groups excluding tert-OH is 2. The molecule has 0 unspecified atom stereocenters. The van der Waals surface area contributed by atoms with E-state index in [-0.39, 0.29) is 13.2 Å². The van der Waals surface area contributed by atoms with E-state index in [0.29, 0.717) is 0 Å². The number of aliphatic hydroxyl groups is 2. The molecule has 2 aromatic carbocycles. The topological polar surface area (TPSA) is 43.7 Å². The second-order valence-corrected chi connectivity index (χ2v) is 4.64. The molecule has 0 radical (unpaired) electrons. The van der Waals surface area contributed by atoms with Crippen molar-refractivity contribution in [1.29, 1.82) is 0 Å². The highest BCUT2D eigenvalue weighted by Crippen LogP contribution is 2.26.